The van der Waals surface area contributed by atoms with E-state index in [2.05, 4.69) is 65.2 Å². The van der Waals surface area contributed by atoms with Gasteiger partial charge in [0.1, 0.15) is 13.2 Å². The zero-order valence-corrected chi connectivity index (χ0v) is 44.5. The molecular weight excluding hydrogens is 833 g/mol. The summed E-state index contributed by atoms with van der Waals surface area (Å²) in [5.41, 5.74) is 0. The van der Waals surface area contributed by atoms with Gasteiger partial charge in [-0.15, -0.1) is 0 Å². The van der Waals surface area contributed by atoms with Gasteiger partial charge in [-0.3, -0.25) is 14.5 Å². The molecule has 0 unspecified atom stereocenters. The Hall–Kier alpha value is -2.60. The van der Waals surface area contributed by atoms with Gasteiger partial charge in [-0.05, 0) is 89.1 Å². The van der Waals surface area contributed by atoms with Crippen LogP contribution in [0.4, 0.5) is 9.59 Å². The summed E-state index contributed by atoms with van der Waals surface area (Å²) in [4.78, 5) is 59.7. The van der Waals surface area contributed by atoms with E-state index in [0.717, 1.165) is 103 Å². The predicted octanol–water partition coefficient (Wildman–Crippen LogP) is 13.1. The van der Waals surface area contributed by atoms with E-state index in [-0.39, 0.29) is 37.3 Å². The average Bonchev–Trinajstić information content (AvgIpc) is 3.31. The number of ether oxygens (including phenoxy) is 4. The smallest absolute Gasteiger partial charge is 0.409 e. The molecule has 66 heavy (non-hydrogen) atoms. The summed E-state index contributed by atoms with van der Waals surface area (Å²) in [7, 11) is 0. The topological polar surface area (TPSA) is 118 Å². The van der Waals surface area contributed by atoms with E-state index in [4.69, 9.17) is 18.9 Å². The van der Waals surface area contributed by atoms with Crippen LogP contribution in [-0.4, -0.2) is 136 Å². The lowest BCUT2D eigenvalue weighted by atomic mass is 9.96. The van der Waals surface area contributed by atoms with E-state index in [1.807, 2.05) is 0 Å². The first kappa shape index (κ1) is 63.4. The van der Waals surface area contributed by atoms with Gasteiger partial charge in [0.05, 0.1) is 13.2 Å². The van der Waals surface area contributed by atoms with E-state index in [1.165, 1.54) is 77.0 Å². The zero-order valence-electron chi connectivity index (χ0n) is 44.5. The fraction of sp³-hybridized carbons (Fsp3) is 0.926. The molecule has 12 heteroatoms. The quantitative estimate of drug-likeness (QED) is 0.0331. The third-order valence-electron chi connectivity index (χ3n) is 12.8. The number of unbranched alkanes of at least 4 members (excludes halogenated alkanes) is 12. The Morgan fingerprint density at radius 1 is 0.348 bits per heavy atom. The lowest BCUT2D eigenvalue weighted by molar-refractivity contribution is -0.146. The predicted molar refractivity (Wildman–Crippen MR) is 273 cm³/mol. The number of esters is 2. The Kier molecular flexibility index (Phi) is 44.3. The summed E-state index contributed by atoms with van der Waals surface area (Å²) in [5, 5.41) is 0. The number of nitrogens with zero attached hydrogens (tertiary/aromatic N) is 4. The normalized spacial score (nSPS) is 11.5. The minimum Gasteiger partial charge on any atom is -0.465 e. The second-order valence-corrected chi connectivity index (χ2v) is 18.8. The summed E-state index contributed by atoms with van der Waals surface area (Å²) in [6.07, 6.45) is 25.8. The molecule has 0 aliphatic heterocycles. The van der Waals surface area contributed by atoms with Crippen LogP contribution in [0.5, 0.6) is 0 Å². The first-order chi connectivity index (χ1) is 32.1. The maximum Gasteiger partial charge on any atom is 0.409 e. The van der Waals surface area contributed by atoms with E-state index in [9.17, 15) is 19.2 Å². The maximum absolute atomic E-state index is 13.2. The molecular formula is C54H106N4O8. The second kappa shape index (κ2) is 46.1. The Bertz CT molecular complexity index is 1040. The molecule has 0 spiro atoms. The number of amides is 2. The van der Waals surface area contributed by atoms with Gasteiger partial charge in [0.25, 0.3) is 0 Å². The number of carbonyl (C=O) groups is 4. The van der Waals surface area contributed by atoms with Crippen LogP contribution in [0.25, 0.3) is 0 Å². The molecule has 390 valence electrons. The molecule has 0 fully saturated rings. The third-order valence-corrected chi connectivity index (χ3v) is 12.8. The number of hydrogen-bond donors (Lipinski definition) is 0. The molecule has 0 aliphatic carbocycles. The molecule has 0 heterocycles. The molecule has 0 bridgehead atoms. The van der Waals surface area contributed by atoms with E-state index >= 15 is 0 Å². The van der Waals surface area contributed by atoms with Crippen molar-refractivity contribution in [2.45, 2.75) is 222 Å². The highest BCUT2D eigenvalue weighted by atomic mass is 16.6. The molecule has 12 nitrogen and oxygen atoms in total. The largest absolute Gasteiger partial charge is 0.465 e. The molecule has 0 saturated carbocycles. The van der Waals surface area contributed by atoms with Crippen molar-refractivity contribution in [2.24, 2.45) is 11.8 Å². The van der Waals surface area contributed by atoms with Crippen molar-refractivity contribution in [3.8, 4) is 0 Å². The van der Waals surface area contributed by atoms with Gasteiger partial charge >= 0.3 is 24.1 Å². The first-order valence-electron chi connectivity index (χ1n) is 27.7. The molecule has 0 rings (SSSR count). The zero-order chi connectivity index (χ0) is 48.9. The highest BCUT2D eigenvalue weighted by Gasteiger charge is 2.19. The molecule has 0 N–H and O–H groups in total. The first-order valence-corrected chi connectivity index (χ1v) is 27.7. The van der Waals surface area contributed by atoms with Crippen LogP contribution >= 0.6 is 0 Å². The number of hydrogen-bond acceptors (Lipinski definition) is 10. The minimum atomic E-state index is -0.306. The summed E-state index contributed by atoms with van der Waals surface area (Å²) in [6.45, 7) is 26.0. The Morgan fingerprint density at radius 3 is 1.05 bits per heavy atom. The van der Waals surface area contributed by atoms with Crippen molar-refractivity contribution in [1.29, 1.82) is 0 Å². The number of likely N-dealkylation sites (N-methyl/N-ethyl adjacent to an activating group) is 1. The molecule has 2 amide bonds. The molecule has 0 saturated heterocycles. The highest BCUT2D eigenvalue weighted by molar-refractivity contribution is 5.70. The Morgan fingerprint density at radius 2 is 0.712 bits per heavy atom. The fourth-order valence-electron chi connectivity index (χ4n) is 8.41. The maximum atomic E-state index is 13.2. The summed E-state index contributed by atoms with van der Waals surface area (Å²) < 4.78 is 23.1. The van der Waals surface area contributed by atoms with E-state index in [0.29, 0.717) is 77.2 Å². The fourth-order valence-corrected chi connectivity index (χ4v) is 8.41. The lowest BCUT2D eigenvalue weighted by Gasteiger charge is -2.27. The standard InChI is InChI=1S/C54H106N4O8/c1-9-17-23-31-49(32-24-18-10-2)47-65-51(59)35-27-21-29-39-57(37-13-5)53(61)63-45-43-56(42-41-55(15-7)16-8)44-46-64-54(62)58(38-14-6)40-30-22-28-36-52(60)66-48-50(33-25-19-11-3)34-26-20-12-4/h49-50H,9-48H2,1-8H3. The van der Waals surface area contributed by atoms with Crippen molar-refractivity contribution in [3.05, 3.63) is 0 Å². The van der Waals surface area contributed by atoms with Crippen LogP contribution < -0.4 is 0 Å². The van der Waals surface area contributed by atoms with E-state index < -0.39 is 0 Å². The van der Waals surface area contributed by atoms with Crippen molar-refractivity contribution in [1.82, 2.24) is 19.6 Å². The van der Waals surface area contributed by atoms with Gasteiger partial charge in [0.15, 0.2) is 0 Å². The SMILES string of the molecule is CCCCCC(CCCCC)COC(=O)CCCCCN(CCC)C(=O)OCCN(CCOC(=O)N(CCC)CCCCCC(=O)OCC(CCCCC)CCCCC)CCN(CC)CC. The van der Waals surface area contributed by atoms with Crippen LogP contribution in [0.15, 0.2) is 0 Å². The second-order valence-electron chi connectivity index (χ2n) is 18.8. The molecule has 0 atom stereocenters. The Balaban J connectivity index is 4.86. The van der Waals surface area contributed by atoms with Crippen LogP contribution in [0.1, 0.15) is 222 Å². The van der Waals surface area contributed by atoms with Gasteiger partial charge in [-0.1, -0.05) is 145 Å². The molecule has 0 aromatic heterocycles. The summed E-state index contributed by atoms with van der Waals surface area (Å²) in [5.74, 6) is 0.724. The van der Waals surface area contributed by atoms with Crippen LogP contribution in [0, 0.1) is 11.8 Å². The van der Waals surface area contributed by atoms with Crippen molar-refractivity contribution in [2.75, 3.05) is 91.9 Å². The molecule has 0 aliphatic rings. The average molecular weight is 939 g/mol. The summed E-state index contributed by atoms with van der Waals surface area (Å²) in [6, 6.07) is 0. The number of carbonyl (C=O) groups excluding carboxylic acids is 4. The monoisotopic (exact) mass is 939 g/mol. The molecule has 0 aromatic carbocycles. The van der Waals surface area contributed by atoms with Crippen LogP contribution in [-0.2, 0) is 28.5 Å². The highest BCUT2D eigenvalue weighted by Crippen LogP contribution is 2.20. The van der Waals surface area contributed by atoms with Crippen LogP contribution in [0.2, 0.25) is 0 Å². The van der Waals surface area contributed by atoms with Gasteiger partial charge in [0.2, 0.25) is 0 Å². The van der Waals surface area contributed by atoms with E-state index in [1.54, 1.807) is 9.80 Å². The Labute approximate surface area is 406 Å². The van der Waals surface area contributed by atoms with Crippen molar-refractivity contribution < 1.29 is 38.1 Å². The lowest BCUT2D eigenvalue weighted by Crippen LogP contribution is -2.41. The van der Waals surface area contributed by atoms with Crippen LogP contribution in [0.3, 0.4) is 0 Å². The van der Waals surface area contributed by atoms with Gasteiger partial charge in [-0.25, -0.2) is 9.59 Å². The van der Waals surface area contributed by atoms with Gasteiger partial charge in [0, 0.05) is 65.2 Å². The molecule has 0 aromatic rings. The van der Waals surface area contributed by atoms with Crippen molar-refractivity contribution >= 4 is 24.1 Å². The summed E-state index contributed by atoms with van der Waals surface area (Å²) >= 11 is 0. The van der Waals surface area contributed by atoms with Gasteiger partial charge < -0.3 is 33.6 Å². The molecule has 0 radical (unpaired) electrons. The van der Waals surface area contributed by atoms with Crippen molar-refractivity contribution in [3.63, 3.8) is 0 Å². The third kappa shape index (κ3) is 36.4. The minimum absolute atomic E-state index is 0.106. The van der Waals surface area contributed by atoms with Gasteiger partial charge in [-0.2, -0.15) is 0 Å². The number of rotatable bonds is 47.